The fraction of sp³-hybridized carbons (Fsp3) is 0.481. The summed E-state index contributed by atoms with van der Waals surface area (Å²) in [5, 5.41) is 13.8. The lowest BCUT2D eigenvalue weighted by molar-refractivity contribution is -0.136. The van der Waals surface area contributed by atoms with Crippen molar-refractivity contribution in [3.05, 3.63) is 41.4 Å². The number of nitrogens with two attached hydrogens (primary N) is 1. The minimum Gasteiger partial charge on any atom is -0.493 e. The van der Waals surface area contributed by atoms with Crippen molar-refractivity contribution < 1.29 is 38.1 Å². The van der Waals surface area contributed by atoms with Crippen molar-refractivity contribution in [2.24, 2.45) is 27.7 Å². The SMILES string of the molecule is COc1ccc(CO/N=C2/CN(C3=NC4C(C=C3F)C(=O)C(C(=O)O)=CN4C3CC3)CC2CN)c(OC)c1OC. The molecule has 13 heteroatoms. The van der Waals surface area contributed by atoms with Crippen molar-refractivity contribution >= 4 is 23.3 Å². The van der Waals surface area contributed by atoms with E-state index < -0.39 is 29.7 Å². The highest BCUT2D eigenvalue weighted by Gasteiger charge is 2.47. The van der Waals surface area contributed by atoms with E-state index in [1.165, 1.54) is 33.6 Å². The molecule has 3 N–H and O–H groups in total. The van der Waals surface area contributed by atoms with Crippen LogP contribution in [0.5, 0.6) is 17.2 Å². The molecule has 0 bridgehead atoms. The number of aliphatic imine (C=N–C) groups is 1. The molecule has 0 amide bonds. The summed E-state index contributed by atoms with van der Waals surface area (Å²) in [5.74, 6) is -2.33. The van der Waals surface area contributed by atoms with Gasteiger partial charge in [0.25, 0.3) is 0 Å². The van der Waals surface area contributed by atoms with Gasteiger partial charge in [-0.3, -0.25) is 4.79 Å². The van der Waals surface area contributed by atoms with Crippen LogP contribution in [0.25, 0.3) is 0 Å². The van der Waals surface area contributed by atoms with Gasteiger partial charge in [-0.25, -0.2) is 14.2 Å². The first-order valence-corrected chi connectivity index (χ1v) is 12.9. The van der Waals surface area contributed by atoms with Crippen molar-refractivity contribution in [3.63, 3.8) is 0 Å². The first-order chi connectivity index (χ1) is 19.3. The number of dihydropyridines is 1. The number of nitrogens with zero attached hydrogens (tertiary/aromatic N) is 4. The number of carboxylic acids is 1. The smallest absolute Gasteiger partial charge is 0.340 e. The molecule has 1 aromatic rings. The average molecular weight is 558 g/mol. The molecule has 0 radical (unpaired) electrons. The summed E-state index contributed by atoms with van der Waals surface area (Å²) in [6.45, 7) is 0.944. The molecule has 0 spiro atoms. The van der Waals surface area contributed by atoms with E-state index in [0.717, 1.165) is 12.8 Å². The van der Waals surface area contributed by atoms with Crippen molar-refractivity contribution in [3.8, 4) is 17.2 Å². The van der Waals surface area contributed by atoms with E-state index in [9.17, 15) is 14.7 Å². The number of aliphatic carboxylic acids is 1. The van der Waals surface area contributed by atoms with Gasteiger partial charge >= 0.3 is 5.97 Å². The number of rotatable bonds is 9. The van der Waals surface area contributed by atoms with Crippen molar-refractivity contribution in [2.75, 3.05) is 41.0 Å². The number of carbonyl (C=O) groups excluding carboxylic acids is 1. The molecule has 0 aromatic heterocycles. The molecule has 5 rings (SSSR count). The Morgan fingerprint density at radius 1 is 1.20 bits per heavy atom. The van der Waals surface area contributed by atoms with Gasteiger partial charge in [0.05, 0.1) is 39.5 Å². The summed E-state index contributed by atoms with van der Waals surface area (Å²) >= 11 is 0. The van der Waals surface area contributed by atoms with E-state index in [2.05, 4.69) is 10.1 Å². The van der Waals surface area contributed by atoms with Gasteiger partial charge in [-0.05, 0) is 31.1 Å². The summed E-state index contributed by atoms with van der Waals surface area (Å²) in [6, 6.07) is 3.60. The van der Waals surface area contributed by atoms with Crippen LogP contribution in [-0.4, -0.2) is 91.4 Å². The molecule has 4 aliphatic rings. The van der Waals surface area contributed by atoms with Crippen LogP contribution < -0.4 is 19.9 Å². The van der Waals surface area contributed by atoms with Gasteiger partial charge in [0.15, 0.2) is 28.9 Å². The van der Waals surface area contributed by atoms with Gasteiger partial charge in [0, 0.05) is 36.8 Å². The fourth-order valence-corrected chi connectivity index (χ4v) is 5.30. The highest BCUT2D eigenvalue weighted by Crippen LogP contribution is 2.41. The predicted molar refractivity (Wildman–Crippen MR) is 142 cm³/mol. The van der Waals surface area contributed by atoms with Crippen LogP contribution in [0, 0.1) is 11.8 Å². The predicted octanol–water partition coefficient (Wildman–Crippen LogP) is 1.70. The highest BCUT2D eigenvalue weighted by molar-refractivity contribution is 6.19. The second-order valence-corrected chi connectivity index (χ2v) is 9.96. The van der Waals surface area contributed by atoms with Gasteiger partial charge in [0.1, 0.15) is 18.3 Å². The molecule has 40 heavy (non-hydrogen) atoms. The summed E-state index contributed by atoms with van der Waals surface area (Å²) in [7, 11) is 4.57. The van der Waals surface area contributed by atoms with E-state index in [-0.39, 0.29) is 43.1 Å². The maximum atomic E-state index is 15.4. The molecule has 2 fully saturated rings. The third-order valence-electron chi connectivity index (χ3n) is 7.50. The molecule has 3 aliphatic heterocycles. The quantitative estimate of drug-likeness (QED) is 0.339. The minimum atomic E-state index is -1.32. The summed E-state index contributed by atoms with van der Waals surface area (Å²) in [5.41, 5.74) is 6.98. The second kappa shape index (κ2) is 11.2. The zero-order valence-electron chi connectivity index (χ0n) is 22.5. The Morgan fingerprint density at radius 2 is 1.95 bits per heavy atom. The monoisotopic (exact) mass is 557 g/mol. The van der Waals surface area contributed by atoms with E-state index in [1.807, 2.05) is 0 Å². The number of halogens is 1. The van der Waals surface area contributed by atoms with Gasteiger partial charge in [-0.15, -0.1) is 0 Å². The van der Waals surface area contributed by atoms with Crippen LogP contribution >= 0.6 is 0 Å². The number of hydrogen-bond donors (Lipinski definition) is 2. The lowest BCUT2D eigenvalue weighted by Gasteiger charge is -2.39. The van der Waals surface area contributed by atoms with Crippen LogP contribution in [0.2, 0.25) is 0 Å². The molecule has 1 saturated heterocycles. The van der Waals surface area contributed by atoms with Gasteiger partial charge in [0.2, 0.25) is 5.75 Å². The Hall–Kier alpha value is -4.13. The first kappa shape index (κ1) is 27.4. The normalized spacial score (nSPS) is 25.2. The van der Waals surface area contributed by atoms with Crippen LogP contribution in [0.15, 0.2) is 46.0 Å². The molecular formula is C27H32FN5O7. The van der Waals surface area contributed by atoms with Gasteiger partial charge in [-0.1, -0.05) is 5.16 Å². The zero-order valence-corrected chi connectivity index (χ0v) is 22.5. The fourth-order valence-electron chi connectivity index (χ4n) is 5.30. The largest absolute Gasteiger partial charge is 0.493 e. The van der Waals surface area contributed by atoms with Crippen LogP contribution in [0.1, 0.15) is 18.4 Å². The number of carbonyl (C=O) groups is 2. The Labute approximate surface area is 230 Å². The summed E-state index contributed by atoms with van der Waals surface area (Å²) in [4.78, 5) is 38.3. The maximum absolute atomic E-state index is 15.4. The van der Waals surface area contributed by atoms with Gasteiger partial charge < -0.3 is 39.7 Å². The molecule has 3 unspecified atom stereocenters. The van der Waals surface area contributed by atoms with Crippen molar-refractivity contribution in [1.82, 2.24) is 9.80 Å². The molecule has 3 atom stereocenters. The number of ketones is 1. The van der Waals surface area contributed by atoms with E-state index in [1.54, 1.807) is 21.9 Å². The van der Waals surface area contributed by atoms with Gasteiger partial charge in [-0.2, -0.15) is 0 Å². The number of likely N-dealkylation sites (tertiary alicyclic amines) is 1. The number of Topliss-reactive ketones (excluding diaryl/α,β-unsaturated/α-hetero) is 1. The first-order valence-electron chi connectivity index (χ1n) is 12.9. The maximum Gasteiger partial charge on any atom is 0.340 e. The zero-order chi connectivity index (χ0) is 28.6. The average Bonchev–Trinajstić information content (AvgIpc) is 3.71. The Bertz CT molecular complexity index is 1320. The Morgan fingerprint density at radius 3 is 2.58 bits per heavy atom. The number of ether oxygens (including phenoxy) is 3. The van der Waals surface area contributed by atoms with Crippen molar-refractivity contribution in [1.29, 1.82) is 0 Å². The number of amidine groups is 1. The lowest BCUT2D eigenvalue weighted by atomic mass is 9.88. The summed E-state index contributed by atoms with van der Waals surface area (Å²) in [6.07, 6.45) is 3.56. The van der Waals surface area contributed by atoms with E-state index in [4.69, 9.17) is 24.8 Å². The van der Waals surface area contributed by atoms with Crippen LogP contribution in [0.3, 0.4) is 0 Å². The number of oxime groups is 1. The Kier molecular flexibility index (Phi) is 7.66. The minimum absolute atomic E-state index is 0.0731. The van der Waals surface area contributed by atoms with E-state index in [0.29, 0.717) is 35.1 Å². The Balaban J connectivity index is 1.34. The molecule has 3 heterocycles. The second-order valence-electron chi connectivity index (χ2n) is 9.96. The topological polar surface area (TPSA) is 149 Å². The third-order valence-corrected chi connectivity index (χ3v) is 7.50. The number of methoxy groups -OCH3 is 3. The van der Waals surface area contributed by atoms with Crippen LogP contribution in [0.4, 0.5) is 4.39 Å². The molecule has 1 aromatic carbocycles. The van der Waals surface area contributed by atoms with Crippen molar-refractivity contribution in [2.45, 2.75) is 31.7 Å². The third kappa shape index (κ3) is 4.96. The number of hydrogen-bond acceptors (Lipinski definition) is 11. The number of benzene rings is 1. The summed E-state index contributed by atoms with van der Waals surface area (Å²) < 4.78 is 31.6. The number of fused-ring (bicyclic) bond motifs is 1. The molecule has 1 saturated carbocycles. The highest BCUT2D eigenvalue weighted by atomic mass is 19.1. The molecular weight excluding hydrogens is 525 g/mol. The molecule has 1 aliphatic carbocycles. The standard InChI is InChI=1S/C27H32FN5O7/c1-37-21-7-4-14(23(38-2)24(21)39-3)13-40-31-20-12-32(10-15(20)9-29)26-19(28)8-17-22(34)18(27(35)36)11-33(16-5-6-16)25(17)30-26/h4,7-8,11,15-17,25H,5-6,9-10,12-13,29H2,1-3H3,(H,35,36)/b31-20-. The lowest BCUT2D eigenvalue weighted by Crippen LogP contribution is -2.49. The molecule has 12 nitrogen and oxygen atoms in total. The molecule has 214 valence electrons. The van der Waals surface area contributed by atoms with Crippen LogP contribution in [-0.2, 0) is 21.0 Å². The van der Waals surface area contributed by atoms with E-state index >= 15 is 4.39 Å². The number of carboxylic acid groups (broad SMARTS) is 1.